The average molecular weight is 376 g/mol. The average Bonchev–Trinajstić information content (AvgIpc) is 2.79. The molecule has 0 amide bonds. The highest BCUT2D eigenvalue weighted by molar-refractivity contribution is 5.93. The maximum atomic E-state index is 4.69. The van der Waals surface area contributed by atoms with E-state index in [1.54, 1.807) is 18.6 Å². The van der Waals surface area contributed by atoms with E-state index in [4.69, 9.17) is 4.98 Å². The Balaban J connectivity index is 1.47. The minimum atomic E-state index is 0.444. The highest BCUT2D eigenvalue weighted by Gasteiger charge is 2.09. The van der Waals surface area contributed by atoms with E-state index in [-0.39, 0.29) is 0 Å². The third kappa shape index (κ3) is 3.51. The Morgan fingerprint density at radius 1 is 0.724 bits per heavy atom. The molecule has 0 saturated carbocycles. The summed E-state index contributed by atoms with van der Waals surface area (Å²) >= 11 is 0. The van der Waals surface area contributed by atoms with Crippen LogP contribution in [0.25, 0.3) is 33.2 Å². The van der Waals surface area contributed by atoms with Crippen LogP contribution in [0.4, 0.5) is 5.95 Å². The van der Waals surface area contributed by atoms with Gasteiger partial charge in [-0.3, -0.25) is 9.97 Å². The van der Waals surface area contributed by atoms with Crippen LogP contribution in [0.5, 0.6) is 0 Å². The summed E-state index contributed by atoms with van der Waals surface area (Å²) < 4.78 is 0. The summed E-state index contributed by atoms with van der Waals surface area (Å²) in [6.07, 6.45) is 5.07. The van der Waals surface area contributed by atoms with Crippen molar-refractivity contribution in [3.8, 4) is 11.3 Å². The van der Waals surface area contributed by atoms with Crippen LogP contribution in [0.15, 0.2) is 90.3 Å². The van der Waals surface area contributed by atoms with E-state index in [2.05, 4.69) is 25.5 Å². The monoisotopic (exact) mass is 376 g/mol. The summed E-state index contributed by atoms with van der Waals surface area (Å²) in [5.74, 6) is 0.444. The van der Waals surface area contributed by atoms with Gasteiger partial charge in [0.25, 0.3) is 0 Å². The van der Waals surface area contributed by atoms with E-state index in [1.807, 2.05) is 72.8 Å². The van der Waals surface area contributed by atoms with Crippen molar-refractivity contribution in [2.24, 2.45) is 5.10 Å². The van der Waals surface area contributed by atoms with Crippen molar-refractivity contribution in [1.82, 2.24) is 19.9 Å². The van der Waals surface area contributed by atoms with Crippen molar-refractivity contribution in [2.45, 2.75) is 0 Å². The molecule has 0 unspecified atom stereocenters. The Kier molecular flexibility index (Phi) is 4.35. The molecular weight excluding hydrogens is 360 g/mol. The molecule has 0 radical (unpaired) electrons. The predicted octanol–water partition coefficient (Wildman–Crippen LogP) is 4.69. The highest BCUT2D eigenvalue weighted by atomic mass is 15.3. The van der Waals surface area contributed by atoms with Crippen LogP contribution in [0.2, 0.25) is 0 Å². The van der Waals surface area contributed by atoms with Crippen LogP contribution in [-0.2, 0) is 0 Å². The van der Waals surface area contributed by atoms with E-state index in [1.165, 1.54) is 0 Å². The van der Waals surface area contributed by atoms with Gasteiger partial charge in [-0.25, -0.2) is 15.4 Å². The maximum Gasteiger partial charge on any atom is 0.244 e. The molecule has 2 aromatic heterocycles. The number of anilines is 1. The number of nitrogens with one attached hydrogen (secondary N) is 1. The first-order valence-corrected chi connectivity index (χ1v) is 9.19. The van der Waals surface area contributed by atoms with Crippen LogP contribution in [-0.4, -0.2) is 26.2 Å². The Hall–Kier alpha value is -4.19. The van der Waals surface area contributed by atoms with Crippen LogP contribution in [0, 0.1) is 0 Å². The smallest absolute Gasteiger partial charge is 0.244 e. The number of rotatable bonds is 4. The molecule has 0 aliphatic carbocycles. The second kappa shape index (κ2) is 7.44. The van der Waals surface area contributed by atoms with Crippen molar-refractivity contribution in [3.63, 3.8) is 0 Å². The number of hydrazone groups is 1. The van der Waals surface area contributed by atoms with Crippen molar-refractivity contribution in [2.75, 3.05) is 5.43 Å². The maximum absolute atomic E-state index is 4.69. The molecule has 0 fully saturated rings. The standard InChI is InChI=1S/C23H16N6/c1-2-6-17(7-3-1)22-18-8-4-5-9-19(18)27-23(28-22)29-26-15-16-10-11-20-21(14-16)25-13-12-24-20/h1-15H,(H,27,28,29)/b26-15+. The van der Waals surface area contributed by atoms with E-state index in [0.29, 0.717) is 5.95 Å². The first-order chi connectivity index (χ1) is 14.4. The molecule has 6 heteroatoms. The van der Waals surface area contributed by atoms with Crippen molar-refractivity contribution >= 4 is 34.1 Å². The van der Waals surface area contributed by atoms with E-state index >= 15 is 0 Å². The number of aromatic nitrogens is 4. The molecule has 2 heterocycles. The van der Waals surface area contributed by atoms with Crippen molar-refractivity contribution < 1.29 is 0 Å². The van der Waals surface area contributed by atoms with Gasteiger partial charge in [0, 0.05) is 23.3 Å². The van der Waals surface area contributed by atoms with Gasteiger partial charge in [0.05, 0.1) is 28.5 Å². The molecule has 0 atom stereocenters. The van der Waals surface area contributed by atoms with E-state index in [9.17, 15) is 0 Å². The lowest BCUT2D eigenvalue weighted by atomic mass is 10.1. The molecule has 0 spiro atoms. The predicted molar refractivity (Wildman–Crippen MR) is 116 cm³/mol. The van der Waals surface area contributed by atoms with Crippen LogP contribution in [0.3, 0.4) is 0 Å². The fourth-order valence-corrected chi connectivity index (χ4v) is 3.17. The quantitative estimate of drug-likeness (QED) is 0.364. The fraction of sp³-hybridized carbons (Fsp3) is 0. The minimum Gasteiger partial charge on any atom is -0.253 e. The van der Waals surface area contributed by atoms with Gasteiger partial charge in [-0.15, -0.1) is 0 Å². The summed E-state index contributed by atoms with van der Waals surface area (Å²) in [4.78, 5) is 17.9. The summed E-state index contributed by atoms with van der Waals surface area (Å²) in [7, 11) is 0. The molecule has 0 aliphatic rings. The molecule has 6 nitrogen and oxygen atoms in total. The van der Waals surface area contributed by atoms with Gasteiger partial charge in [-0.05, 0) is 23.8 Å². The SMILES string of the molecule is C(=N\Nc1nc(-c2ccccc2)c2ccccc2n1)/c1ccc2nccnc2c1. The summed E-state index contributed by atoms with van der Waals surface area (Å²) in [6, 6.07) is 23.8. The first-order valence-electron chi connectivity index (χ1n) is 9.19. The lowest BCUT2D eigenvalue weighted by molar-refractivity contribution is 1.16. The van der Waals surface area contributed by atoms with Crippen molar-refractivity contribution in [1.29, 1.82) is 0 Å². The minimum absolute atomic E-state index is 0.444. The second-order valence-corrected chi connectivity index (χ2v) is 6.45. The molecule has 138 valence electrons. The molecule has 3 aromatic carbocycles. The molecule has 29 heavy (non-hydrogen) atoms. The van der Waals surface area contributed by atoms with Crippen LogP contribution >= 0.6 is 0 Å². The summed E-state index contributed by atoms with van der Waals surface area (Å²) in [5.41, 5.74) is 8.31. The normalized spacial score (nSPS) is 11.3. The zero-order valence-corrected chi connectivity index (χ0v) is 15.4. The molecule has 0 aliphatic heterocycles. The number of hydrogen-bond acceptors (Lipinski definition) is 6. The van der Waals surface area contributed by atoms with E-state index < -0.39 is 0 Å². The third-order valence-electron chi connectivity index (χ3n) is 4.52. The van der Waals surface area contributed by atoms with E-state index in [0.717, 1.165) is 38.8 Å². The number of para-hydroxylation sites is 1. The fourth-order valence-electron chi connectivity index (χ4n) is 3.17. The zero-order chi connectivity index (χ0) is 19.5. The van der Waals surface area contributed by atoms with Gasteiger partial charge in [-0.2, -0.15) is 5.10 Å². The largest absolute Gasteiger partial charge is 0.253 e. The van der Waals surface area contributed by atoms with Gasteiger partial charge >= 0.3 is 0 Å². The molecule has 0 saturated heterocycles. The zero-order valence-electron chi connectivity index (χ0n) is 15.4. The number of hydrogen-bond donors (Lipinski definition) is 1. The molecule has 5 aromatic rings. The Morgan fingerprint density at radius 3 is 2.41 bits per heavy atom. The lowest BCUT2D eigenvalue weighted by Gasteiger charge is -2.08. The van der Waals surface area contributed by atoms with Gasteiger partial charge in [-0.1, -0.05) is 54.6 Å². The van der Waals surface area contributed by atoms with Crippen molar-refractivity contribution in [3.05, 3.63) is 90.8 Å². The first kappa shape index (κ1) is 16.9. The number of fused-ring (bicyclic) bond motifs is 2. The van der Waals surface area contributed by atoms with Gasteiger partial charge in [0.15, 0.2) is 0 Å². The van der Waals surface area contributed by atoms with Crippen LogP contribution in [0.1, 0.15) is 5.56 Å². The Labute approximate surface area is 167 Å². The molecule has 0 bridgehead atoms. The van der Waals surface area contributed by atoms with Gasteiger partial charge in [0.2, 0.25) is 5.95 Å². The topological polar surface area (TPSA) is 76.0 Å². The molecule has 5 rings (SSSR count). The third-order valence-corrected chi connectivity index (χ3v) is 4.52. The summed E-state index contributed by atoms with van der Waals surface area (Å²) in [6.45, 7) is 0. The van der Waals surface area contributed by atoms with Crippen LogP contribution < -0.4 is 5.43 Å². The van der Waals surface area contributed by atoms with Gasteiger partial charge in [0.1, 0.15) is 0 Å². The Bertz CT molecular complexity index is 1330. The number of benzene rings is 3. The number of nitrogens with zero attached hydrogens (tertiary/aromatic N) is 5. The Morgan fingerprint density at radius 2 is 1.52 bits per heavy atom. The lowest BCUT2D eigenvalue weighted by Crippen LogP contribution is -1.99. The second-order valence-electron chi connectivity index (χ2n) is 6.45. The molecule has 1 N–H and O–H groups in total. The van der Waals surface area contributed by atoms with Gasteiger partial charge < -0.3 is 0 Å². The molecular formula is C23H16N6. The summed E-state index contributed by atoms with van der Waals surface area (Å²) in [5, 5.41) is 5.31. The highest BCUT2D eigenvalue weighted by Crippen LogP contribution is 2.26.